The summed E-state index contributed by atoms with van der Waals surface area (Å²) in [5, 5.41) is 17.8. The van der Waals surface area contributed by atoms with Gasteiger partial charge in [0.2, 0.25) is 6.23 Å². The lowest BCUT2D eigenvalue weighted by Crippen LogP contribution is -2.48. The lowest BCUT2D eigenvalue weighted by Gasteiger charge is -2.22. The van der Waals surface area contributed by atoms with Gasteiger partial charge >= 0.3 is 12.0 Å². The minimum Gasteiger partial charge on any atom is -0.478 e. The molecule has 0 unspecified atom stereocenters. The first kappa shape index (κ1) is 11.0. The standard InChI is InChI=1S/C9H10N2O4/c10-9(15)11(7(12)8(13)14)6-4-2-1-3-5-6/h1-5,7,12H,(H2,10,15)(H,13,14)/t7-/m0/s1. The van der Waals surface area contributed by atoms with Crippen LogP contribution in [0.5, 0.6) is 0 Å². The molecule has 6 nitrogen and oxygen atoms in total. The second-order valence-corrected chi connectivity index (χ2v) is 2.76. The van der Waals surface area contributed by atoms with E-state index in [1.807, 2.05) is 0 Å². The lowest BCUT2D eigenvalue weighted by molar-refractivity contribution is -0.146. The molecular weight excluding hydrogens is 200 g/mol. The maximum absolute atomic E-state index is 11.0. The summed E-state index contributed by atoms with van der Waals surface area (Å²) in [4.78, 5) is 22.1. The molecule has 0 saturated carbocycles. The van der Waals surface area contributed by atoms with Crippen LogP contribution in [0.4, 0.5) is 10.5 Å². The van der Waals surface area contributed by atoms with Gasteiger partial charge in [0.1, 0.15) is 0 Å². The molecule has 0 fully saturated rings. The smallest absolute Gasteiger partial charge is 0.354 e. The van der Waals surface area contributed by atoms with Gasteiger partial charge < -0.3 is 15.9 Å². The van der Waals surface area contributed by atoms with Crippen molar-refractivity contribution in [3.8, 4) is 0 Å². The van der Waals surface area contributed by atoms with E-state index in [9.17, 15) is 14.7 Å². The number of hydrogen-bond acceptors (Lipinski definition) is 3. The van der Waals surface area contributed by atoms with Crippen LogP contribution in [-0.2, 0) is 4.79 Å². The highest BCUT2D eigenvalue weighted by molar-refractivity contribution is 5.96. The van der Waals surface area contributed by atoms with Gasteiger partial charge in [-0.25, -0.2) is 9.59 Å². The molecule has 0 aliphatic carbocycles. The molecule has 0 bridgehead atoms. The van der Waals surface area contributed by atoms with Crippen molar-refractivity contribution in [1.82, 2.24) is 0 Å². The Kier molecular flexibility index (Phi) is 3.25. The van der Waals surface area contributed by atoms with Crippen molar-refractivity contribution in [2.24, 2.45) is 5.73 Å². The van der Waals surface area contributed by atoms with Crippen molar-refractivity contribution in [2.45, 2.75) is 6.23 Å². The lowest BCUT2D eigenvalue weighted by atomic mass is 10.3. The number of aliphatic hydroxyl groups excluding tert-OH is 1. The summed E-state index contributed by atoms with van der Waals surface area (Å²) in [5.41, 5.74) is 5.19. The molecule has 0 aliphatic rings. The molecule has 2 amide bonds. The van der Waals surface area contributed by atoms with Crippen LogP contribution >= 0.6 is 0 Å². The molecule has 15 heavy (non-hydrogen) atoms. The van der Waals surface area contributed by atoms with E-state index in [1.54, 1.807) is 18.2 Å². The van der Waals surface area contributed by atoms with Crippen molar-refractivity contribution >= 4 is 17.7 Å². The molecule has 0 heterocycles. The molecule has 0 spiro atoms. The minimum absolute atomic E-state index is 0.222. The van der Waals surface area contributed by atoms with E-state index in [0.717, 1.165) is 0 Å². The van der Waals surface area contributed by atoms with E-state index in [1.165, 1.54) is 12.1 Å². The van der Waals surface area contributed by atoms with Gasteiger partial charge in [-0.2, -0.15) is 0 Å². The highest BCUT2D eigenvalue weighted by Gasteiger charge is 2.26. The summed E-state index contributed by atoms with van der Waals surface area (Å²) >= 11 is 0. The number of nitrogens with two attached hydrogens (primary N) is 1. The van der Waals surface area contributed by atoms with Crippen LogP contribution in [0, 0.1) is 0 Å². The summed E-state index contributed by atoms with van der Waals surface area (Å²) < 4.78 is 0. The number of aliphatic hydroxyl groups is 1. The Labute approximate surface area is 85.5 Å². The fourth-order valence-electron chi connectivity index (χ4n) is 1.09. The summed E-state index contributed by atoms with van der Waals surface area (Å²) in [6.07, 6.45) is -1.98. The largest absolute Gasteiger partial charge is 0.478 e. The number of nitrogens with zero attached hydrogens (tertiary/aromatic N) is 1. The Morgan fingerprint density at radius 3 is 2.20 bits per heavy atom. The maximum Gasteiger partial charge on any atom is 0.354 e. The topological polar surface area (TPSA) is 104 Å². The number of primary amides is 1. The number of urea groups is 1. The third-order valence-corrected chi connectivity index (χ3v) is 1.74. The predicted molar refractivity (Wildman–Crippen MR) is 52.1 cm³/mol. The van der Waals surface area contributed by atoms with E-state index in [4.69, 9.17) is 10.8 Å². The van der Waals surface area contributed by atoms with E-state index in [-0.39, 0.29) is 5.69 Å². The number of carbonyl (C=O) groups is 2. The zero-order chi connectivity index (χ0) is 11.4. The Hall–Kier alpha value is -2.08. The van der Waals surface area contributed by atoms with Gasteiger partial charge in [0.25, 0.3) is 0 Å². The number of hydrogen-bond donors (Lipinski definition) is 3. The van der Waals surface area contributed by atoms with E-state index >= 15 is 0 Å². The summed E-state index contributed by atoms with van der Waals surface area (Å²) in [5.74, 6) is -1.54. The summed E-state index contributed by atoms with van der Waals surface area (Å²) in [6.45, 7) is 0. The third-order valence-electron chi connectivity index (χ3n) is 1.74. The zero-order valence-electron chi connectivity index (χ0n) is 7.70. The van der Waals surface area contributed by atoms with Gasteiger partial charge in [0, 0.05) is 5.69 Å². The molecule has 1 atom stereocenters. The zero-order valence-corrected chi connectivity index (χ0v) is 7.70. The number of amides is 2. The molecule has 1 aromatic rings. The SMILES string of the molecule is NC(=O)N(c1ccccc1)[C@@H](O)C(=O)O. The van der Waals surface area contributed by atoms with E-state index in [0.29, 0.717) is 4.90 Å². The van der Waals surface area contributed by atoms with Crippen LogP contribution in [-0.4, -0.2) is 28.4 Å². The first-order valence-corrected chi connectivity index (χ1v) is 4.08. The Morgan fingerprint density at radius 1 is 1.27 bits per heavy atom. The van der Waals surface area contributed by atoms with Crippen LogP contribution in [0.3, 0.4) is 0 Å². The highest BCUT2D eigenvalue weighted by Crippen LogP contribution is 2.15. The van der Waals surface area contributed by atoms with Crippen LogP contribution < -0.4 is 10.6 Å². The molecule has 4 N–H and O–H groups in total. The Balaban J connectivity index is 3.04. The number of carbonyl (C=O) groups excluding carboxylic acids is 1. The van der Waals surface area contributed by atoms with Crippen LogP contribution in [0.25, 0.3) is 0 Å². The van der Waals surface area contributed by atoms with Gasteiger partial charge in [0.15, 0.2) is 0 Å². The predicted octanol–water partition coefficient (Wildman–Crippen LogP) is -0.0253. The molecule has 80 valence electrons. The minimum atomic E-state index is -1.98. The first-order chi connectivity index (χ1) is 7.04. The van der Waals surface area contributed by atoms with Crippen molar-refractivity contribution in [1.29, 1.82) is 0 Å². The molecule has 6 heteroatoms. The number of benzene rings is 1. The monoisotopic (exact) mass is 210 g/mol. The Bertz CT molecular complexity index is 366. The fourth-order valence-corrected chi connectivity index (χ4v) is 1.09. The normalized spacial score (nSPS) is 11.8. The molecule has 0 aliphatic heterocycles. The fraction of sp³-hybridized carbons (Fsp3) is 0.111. The van der Waals surface area contributed by atoms with Gasteiger partial charge in [0.05, 0.1) is 0 Å². The number of carboxylic acids is 1. The van der Waals surface area contributed by atoms with Gasteiger partial charge in [-0.3, -0.25) is 4.90 Å². The second kappa shape index (κ2) is 4.43. The van der Waals surface area contributed by atoms with Crippen molar-refractivity contribution in [3.63, 3.8) is 0 Å². The highest BCUT2D eigenvalue weighted by atomic mass is 16.4. The van der Waals surface area contributed by atoms with Gasteiger partial charge in [-0.05, 0) is 12.1 Å². The number of aliphatic carboxylic acids is 1. The van der Waals surface area contributed by atoms with Crippen LogP contribution in [0.1, 0.15) is 0 Å². The second-order valence-electron chi connectivity index (χ2n) is 2.76. The third kappa shape index (κ3) is 2.44. The van der Waals surface area contributed by atoms with E-state index < -0.39 is 18.2 Å². The van der Waals surface area contributed by atoms with Gasteiger partial charge in [-0.15, -0.1) is 0 Å². The number of carboxylic acid groups (broad SMARTS) is 1. The van der Waals surface area contributed by atoms with Crippen LogP contribution in [0.15, 0.2) is 30.3 Å². The maximum atomic E-state index is 11.0. The average Bonchev–Trinajstić information content (AvgIpc) is 2.18. The Morgan fingerprint density at radius 2 is 1.80 bits per heavy atom. The molecule has 1 rings (SSSR count). The molecule has 0 radical (unpaired) electrons. The van der Waals surface area contributed by atoms with Gasteiger partial charge in [-0.1, -0.05) is 18.2 Å². The molecule has 0 aromatic heterocycles. The number of anilines is 1. The molecular formula is C9H10N2O4. The average molecular weight is 210 g/mol. The molecule has 0 saturated heterocycles. The summed E-state index contributed by atoms with van der Waals surface area (Å²) in [7, 11) is 0. The number of rotatable bonds is 3. The van der Waals surface area contributed by atoms with Crippen LogP contribution in [0.2, 0.25) is 0 Å². The quantitative estimate of drug-likeness (QED) is 0.609. The molecule has 1 aromatic carbocycles. The first-order valence-electron chi connectivity index (χ1n) is 4.08. The van der Waals surface area contributed by atoms with Crippen molar-refractivity contribution in [2.75, 3.05) is 4.90 Å². The number of para-hydroxylation sites is 1. The van der Waals surface area contributed by atoms with Crippen molar-refractivity contribution in [3.05, 3.63) is 30.3 Å². The van der Waals surface area contributed by atoms with E-state index in [2.05, 4.69) is 0 Å². The summed E-state index contributed by atoms with van der Waals surface area (Å²) in [6, 6.07) is 6.79. The van der Waals surface area contributed by atoms with Crippen molar-refractivity contribution < 1.29 is 19.8 Å².